The minimum Gasteiger partial charge on any atom is -0.481 e. The maximum Gasteiger partial charge on any atom is 0.307 e. The number of benzene rings is 1. The topological polar surface area (TPSA) is 37.3 Å². The van der Waals surface area contributed by atoms with Crippen LogP contribution in [0.5, 0.6) is 0 Å². The number of carbonyl (C=O) groups is 1. The Morgan fingerprint density at radius 2 is 2.22 bits per heavy atom. The molecule has 1 aliphatic carbocycles. The zero-order chi connectivity index (χ0) is 13.0. The average Bonchev–Trinajstić information content (AvgIpc) is 2.38. The Morgan fingerprint density at radius 1 is 1.44 bits per heavy atom. The van der Waals surface area contributed by atoms with Crippen molar-refractivity contribution in [3.8, 4) is 0 Å². The summed E-state index contributed by atoms with van der Waals surface area (Å²) >= 11 is 0. The molecule has 2 atom stereocenters. The second kappa shape index (κ2) is 5.85. The molecule has 2 nitrogen and oxygen atoms in total. The Balaban J connectivity index is 2.16. The minimum absolute atomic E-state index is 0.191. The molecule has 0 saturated carbocycles. The molecule has 2 unspecified atom stereocenters. The van der Waals surface area contributed by atoms with E-state index in [4.69, 9.17) is 0 Å². The third kappa shape index (κ3) is 3.00. The number of allylic oxidation sites excluding steroid dienone is 2. The predicted octanol–water partition coefficient (Wildman–Crippen LogP) is 3.59. The smallest absolute Gasteiger partial charge is 0.307 e. The van der Waals surface area contributed by atoms with Crippen molar-refractivity contribution >= 4 is 5.97 Å². The fourth-order valence-corrected chi connectivity index (χ4v) is 2.67. The van der Waals surface area contributed by atoms with Gasteiger partial charge in [0.05, 0.1) is 5.92 Å². The number of hydrogen-bond acceptors (Lipinski definition) is 1. The lowest BCUT2D eigenvalue weighted by atomic mass is 9.80. The van der Waals surface area contributed by atoms with Crippen LogP contribution in [0, 0.1) is 18.8 Å². The van der Waals surface area contributed by atoms with Crippen molar-refractivity contribution in [2.45, 2.75) is 32.6 Å². The Bertz CT molecular complexity index is 448. The SMILES string of the molecule is Cc1ccccc1CC(C(=O)O)C1C=CCCC1. The summed E-state index contributed by atoms with van der Waals surface area (Å²) in [5, 5.41) is 9.44. The van der Waals surface area contributed by atoms with Gasteiger partial charge in [-0.1, -0.05) is 36.4 Å². The number of rotatable bonds is 4. The number of carboxylic acids is 1. The summed E-state index contributed by atoms with van der Waals surface area (Å²) in [6, 6.07) is 8.07. The van der Waals surface area contributed by atoms with E-state index in [0.29, 0.717) is 6.42 Å². The lowest BCUT2D eigenvalue weighted by Crippen LogP contribution is -2.26. The molecule has 0 aromatic heterocycles. The lowest BCUT2D eigenvalue weighted by Gasteiger charge is -2.24. The van der Waals surface area contributed by atoms with Gasteiger partial charge in [-0.25, -0.2) is 0 Å². The summed E-state index contributed by atoms with van der Waals surface area (Å²) in [5.41, 5.74) is 2.34. The fourth-order valence-electron chi connectivity index (χ4n) is 2.67. The fraction of sp³-hybridized carbons (Fsp3) is 0.438. The largest absolute Gasteiger partial charge is 0.481 e. The molecule has 18 heavy (non-hydrogen) atoms. The summed E-state index contributed by atoms with van der Waals surface area (Å²) in [4.78, 5) is 11.5. The van der Waals surface area contributed by atoms with Crippen LogP contribution in [-0.2, 0) is 11.2 Å². The first kappa shape index (κ1) is 12.9. The monoisotopic (exact) mass is 244 g/mol. The van der Waals surface area contributed by atoms with Crippen LogP contribution in [-0.4, -0.2) is 11.1 Å². The minimum atomic E-state index is -0.671. The van der Waals surface area contributed by atoms with Crippen molar-refractivity contribution in [1.82, 2.24) is 0 Å². The molecule has 1 aromatic rings. The van der Waals surface area contributed by atoms with Crippen LogP contribution in [0.25, 0.3) is 0 Å². The molecule has 1 aliphatic rings. The van der Waals surface area contributed by atoms with E-state index < -0.39 is 5.97 Å². The van der Waals surface area contributed by atoms with Gasteiger partial charge in [0.15, 0.2) is 0 Å². The van der Waals surface area contributed by atoms with Crippen molar-refractivity contribution in [1.29, 1.82) is 0 Å². The number of hydrogen-bond donors (Lipinski definition) is 1. The predicted molar refractivity (Wildman–Crippen MR) is 72.5 cm³/mol. The molecular weight excluding hydrogens is 224 g/mol. The van der Waals surface area contributed by atoms with Crippen molar-refractivity contribution in [3.63, 3.8) is 0 Å². The van der Waals surface area contributed by atoms with Crippen LogP contribution in [0.1, 0.15) is 30.4 Å². The van der Waals surface area contributed by atoms with Crippen molar-refractivity contribution < 1.29 is 9.90 Å². The second-order valence-corrected chi connectivity index (χ2v) is 5.10. The van der Waals surface area contributed by atoms with E-state index in [2.05, 4.69) is 12.2 Å². The van der Waals surface area contributed by atoms with Gasteiger partial charge in [-0.15, -0.1) is 0 Å². The highest BCUT2D eigenvalue weighted by atomic mass is 16.4. The molecule has 0 fully saturated rings. The molecule has 1 aromatic carbocycles. The standard InChI is InChI=1S/C16H20O2/c1-12-7-5-6-10-14(12)11-15(16(17)18)13-8-3-2-4-9-13/h3,5-8,10,13,15H,2,4,9,11H2,1H3,(H,17,18). The van der Waals surface area contributed by atoms with Gasteiger partial charge in [0.2, 0.25) is 0 Å². The quantitative estimate of drug-likeness (QED) is 0.822. The van der Waals surface area contributed by atoms with Crippen LogP contribution in [0.4, 0.5) is 0 Å². The van der Waals surface area contributed by atoms with Crippen LogP contribution in [0.3, 0.4) is 0 Å². The molecule has 0 saturated heterocycles. The summed E-state index contributed by atoms with van der Waals surface area (Å²) in [5.74, 6) is -0.770. The van der Waals surface area contributed by atoms with E-state index in [1.54, 1.807) is 0 Å². The molecule has 2 rings (SSSR count). The highest BCUT2D eigenvalue weighted by Crippen LogP contribution is 2.28. The first-order chi connectivity index (χ1) is 8.68. The normalized spacial score (nSPS) is 20.6. The van der Waals surface area contributed by atoms with Crippen molar-refractivity contribution in [3.05, 3.63) is 47.5 Å². The number of aliphatic carboxylic acids is 1. The molecule has 0 radical (unpaired) electrons. The number of aryl methyl sites for hydroxylation is 1. The average molecular weight is 244 g/mol. The van der Waals surface area contributed by atoms with Gasteiger partial charge in [0.25, 0.3) is 0 Å². The highest BCUT2D eigenvalue weighted by Gasteiger charge is 2.27. The Kier molecular flexibility index (Phi) is 4.19. The van der Waals surface area contributed by atoms with Gasteiger partial charge in [0.1, 0.15) is 0 Å². The third-order valence-corrected chi connectivity index (χ3v) is 3.83. The third-order valence-electron chi connectivity index (χ3n) is 3.83. The lowest BCUT2D eigenvalue weighted by molar-refractivity contribution is -0.143. The molecule has 0 amide bonds. The van der Waals surface area contributed by atoms with E-state index in [9.17, 15) is 9.90 Å². The summed E-state index contributed by atoms with van der Waals surface area (Å²) < 4.78 is 0. The molecule has 96 valence electrons. The summed E-state index contributed by atoms with van der Waals surface area (Å²) in [6.45, 7) is 2.05. The molecule has 0 aliphatic heterocycles. The summed E-state index contributed by atoms with van der Waals surface area (Å²) in [7, 11) is 0. The van der Waals surface area contributed by atoms with Crippen LogP contribution >= 0.6 is 0 Å². The highest BCUT2D eigenvalue weighted by molar-refractivity contribution is 5.71. The molecule has 0 heterocycles. The van der Waals surface area contributed by atoms with Gasteiger partial charge in [0, 0.05) is 0 Å². The first-order valence-electron chi connectivity index (χ1n) is 6.62. The van der Waals surface area contributed by atoms with E-state index in [-0.39, 0.29) is 11.8 Å². The van der Waals surface area contributed by atoms with E-state index >= 15 is 0 Å². The first-order valence-corrected chi connectivity index (χ1v) is 6.62. The molecule has 1 N–H and O–H groups in total. The summed E-state index contributed by atoms with van der Waals surface area (Å²) in [6.07, 6.45) is 8.06. The zero-order valence-corrected chi connectivity index (χ0v) is 10.8. The van der Waals surface area contributed by atoms with Gasteiger partial charge in [-0.05, 0) is 49.7 Å². The Labute approximate surface area is 108 Å². The van der Waals surface area contributed by atoms with E-state index in [1.165, 1.54) is 5.56 Å². The molecule has 0 bridgehead atoms. The van der Waals surface area contributed by atoms with E-state index in [0.717, 1.165) is 24.8 Å². The maximum atomic E-state index is 11.5. The van der Waals surface area contributed by atoms with Gasteiger partial charge in [-0.3, -0.25) is 4.79 Å². The van der Waals surface area contributed by atoms with Crippen LogP contribution in [0.2, 0.25) is 0 Å². The van der Waals surface area contributed by atoms with Gasteiger partial charge < -0.3 is 5.11 Å². The molecular formula is C16H20O2. The van der Waals surface area contributed by atoms with E-state index in [1.807, 2.05) is 31.2 Å². The van der Waals surface area contributed by atoms with Crippen LogP contribution in [0.15, 0.2) is 36.4 Å². The Hall–Kier alpha value is -1.57. The molecule has 2 heteroatoms. The van der Waals surface area contributed by atoms with Crippen molar-refractivity contribution in [2.75, 3.05) is 0 Å². The van der Waals surface area contributed by atoms with Gasteiger partial charge >= 0.3 is 5.97 Å². The Morgan fingerprint density at radius 3 is 2.83 bits per heavy atom. The van der Waals surface area contributed by atoms with Crippen molar-refractivity contribution in [2.24, 2.45) is 11.8 Å². The van der Waals surface area contributed by atoms with Crippen LogP contribution < -0.4 is 0 Å². The van der Waals surface area contributed by atoms with Gasteiger partial charge in [-0.2, -0.15) is 0 Å². The number of carboxylic acid groups (broad SMARTS) is 1. The zero-order valence-electron chi connectivity index (χ0n) is 10.8. The second-order valence-electron chi connectivity index (χ2n) is 5.10. The maximum absolute atomic E-state index is 11.5. The molecule has 0 spiro atoms.